The molecular formula is C16H25NO3. The summed E-state index contributed by atoms with van der Waals surface area (Å²) in [6, 6.07) is 10.6. The maximum atomic E-state index is 10.00. The zero-order chi connectivity index (χ0) is 14.4. The van der Waals surface area contributed by atoms with Gasteiger partial charge in [-0.25, -0.2) is 0 Å². The first kappa shape index (κ1) is 15.4. The van der Waals surface area contributed by atoms with Crippen LogP contribution in [0.2, 0.25) is 0 Å². The molecule has 1 saturated heterocycles. The number of benzene rings is 1. The van der Waals surface area contributed by atoms with Gasteiger partial charge in [0.2, 0.25) is 0 Å². The van der Waals surface area contributed by atoms with Crippen LogP contribution >= 0.6 is 0 Å². The topological polar surface area (TPSA) is 41.9 Å². The largest absolute Gasteiger partial charge is 0.389 e. The van der Waals surface area contributed by atoms with E-state index in [0.29, 0.717) is 32.4 Å². The zero-order valence-electron chi connectivity index (χ0n) is 12.4. The van der Waals surface area contributed by atoms with Crippen LogP contribution in [0.5, 0.6) is 0 Å². The van der Waals surface area contributed by atoms with Gasteiger partial charge in [0, 0.05) is 25.7 Å². The van der Waals surface area contributed by atoms with E-state index in [9.17, 15) is 5.11 Å². The predicted octanol–water partition coefficient (Wildman–Crippen LogP) is 1.85. The summed E-state index contributed by atoms with van der Waals surface area (Å²) < 4.78 is 11.2. The minimum absolute atomic E-state index is 0.0895. The van der Waals surface area contributed by atoms with E-state index >= 15 is 0 Å². The first-order valence-electron chi connectivity index (χ1n) is 7.37. The van der Waals surface area contributed by atoms with Crippen molar-refractivity contribution in [2.75, 3.05) is 32.9 Å². The van der Waals surface area contributed by atoms with Gasteiger partial charge in [0.15, 0.2) is 0 Å². The van der Waals surface area contributed by atoms with Gasteiger partial charge in [0.1, 0.15) is 0 Å². The van der Waals surface area contributed by atoms with E-state index in [0.717, 1.165) is 6.54 Å². The Labute approximate surface area is 121 Å². The summed E-state index contributed by atoms with van der Waals surface area (Å²) in [4.78, 5) is 2.28. The second kappa shape index (κ2) is 7.74. The molecule has 20 heavy (non-hydrogen) atoms. The van der Waals surface area contributed by atoms with Gasteiger partial charge in [0.25, 0.3) is 0 Å². The Balaban J connectivity index is 1.91. The standard InChI is InChI=1S/C16H25NO3/c1-3-19-12-15(18)9-17-10-16(20-11-13(17)2)14-7-5-4-6-8-14/h4-8,13,15-16,18H,3,9-12H2,1-2H3. The van der Waals surface area contributed by atoms with Gasteiger partial charge in [-0.2, -0.15) is 0 Å². The lowest BCUT2D eigenvalue weighted by atomic mass is 10.1. The van der Waals surface area contributed by atoms with Crippen LogP contribution in [-0.4, -0.2) is 55.1 Å². The number of hydrogen-bond acceptors (Lipinski definition) is 4. The highest BCUT2D eigenvalue weighted by Gasteiger charge is 2.28. The molecule has 112 valence electrons. The molecule has 1 N–H and O–H groups in total. The van der Waals surface area contributed by atoms with Gasteiger partial charge < -0.3 is 14.6 Å². The second-order valence-corrected chi connectivity index (χ2v) is 5.35. The Morgan fingerprint density at radius 2 is 2.15 bits per heavy atom. The molecule has 4 heteroatoms. The van der Waals surface area contributed by atoms with Gasteiger partial charge in [-0.1, -0.05) is 30.3 Å². The van der Waals surface area contributed by atoms with E-state index in [1.54, 1.807) is 0 Å². The van der Waals surface area contributed by atoms with Gasteiger partial charge in [0.05, 0.1) is 25.4 Å². The van der Waals surface area contributed by atoms with Crippen molar-refractivity contribution in [2.24, 2.45) is 0 Å². The van der Waals surface area contributed by atoms with Crippen molar-refractivity contribution >= 4 is 0 Å². The molecule has 2 rings (SSSR count). The maximum Gasteiger partial charge on any atom is 0.0952 e. The van der Waals surface area contributed by atoms with Crippen LogP contribution in [0.25, 0.3) is 0 Å². The lowest BCUT2D eigenvalue weighted by molar-refractivity contribution is -0.0782. The minimum Gasteiger partial charge on any atom is -0.389 e. The molecule has 4 nitrogen and oxygen atoms in total. The molecule has 1 aromatic rings. The van der Waals surface area contributed by atoms with Crippen molar-refractivity contribution in [2.45, 2.75) is 32.1 Å². The molecule has 0 amide bonds. The van der Waals surface area contributed by atoms with Crippen molar-refractivity contribution in [3.05, 3.63) is 35.9 Å². The molecule has 0 bridgehead atoms. The number of aliphatic hydroxyl groups excluding tert-OH is 1. The Kier molecular flexibility index (Phi) is 5.98. The molecule has 1 aromatic carbocycles. The molecule has 1 fully saturated rings. The van der Waals surface area contributed by atoms with E-state index < -0.39 is 6.10 Å². The lowest BCUT2D eigenvalue weighted by Crippen LogP contribution is -2.48. The van der Waals surface area contributed by atoms with Gasteiger partial charge in [-0.3, -0.25) is 4.90 Å². The molecule has 0 spiro atoms. The quantitative estimate of drug-likeness (QED) is 0.863. The number of ether oxygens (including phenoxy) is 2. The highest BCUT2D eigenvalue weighted by Crippen LogP contribution is 2.24. The van der Waals surface area contributed by atoms with Gasteiger partial charge in [-0.15, -0.1) is 0 Å². The fraction of sp³-hybridized carbons (Fsp3) is 0.625. The Hall–Kier alpha value is -0.940. The Morgan fingerprint density at radius 1 is 1.40 bits per heavy atom. The van der Waals surface area contributed by atoms with E-state index in [1.807, 2.05) is 25.1 Å². The monoisotopic (exact) mass is 279 g/mol. The maximum absolute atomic E-state index is 10.00. The molecule has 0 saturated carbocycles. The fourth-order valence-electron chi connectivity index (χ4n) is 2.51. The molecule has 1 heterocycles. The van der Waals surface area contributed by atoms with E-state index in [1.165, 1.54) is 5.56 Å². The summed E-state index contributed by atoms with van der Waals surface area (Å²) in [5, 5.41) is 10.00. The average Bonchev–Trinajstić information content (AvgIpc) is 2.48. The number of morpholine rings is 1. The fourth-order valence-corrected chi connectivity index (χ4v) is 2.51. The predicted molar refractivity (Wildman–Crippen MR) is 78.7 cm³/mol. The zero-order valence-corrected chi connectivity index (χ0v) is 12.4. The SMILES string of the molecule is CCOCC(O)CN1CC(c2ccccc2)OCC1C. The molecular weight excluding hydrogens is 254 g/mol. The first-order valence-corrected chi connectivity index (χ1v) is 7.37. The summed E-state index contributed by atoms with van der Waals surface area (Å²) in [7, 11) is 0. The van der Waals surface area contributed by atoms with Crippen molar-refractivity contribution in [1.82, 2.24) is 4.90 Å². The van der Waals surface area contributed by atoms with Crippen molar-refractivity contribution in [3.8, 4) is 0 Å². The van der Waals surface area contributed by atoms with Crippen LogP contribution in [0.1, 0.15) is 25.5 Å². The molecule has 3 unspecified atom stereocenters. The Bertz CT molecular complexity index is 385. The van der Waals surface area contributed by atoms with Gasteiger partial charge in [-0.05, 0) is 19.4 Å². The molecule has 3 atom stereocenters. The van der Waals surface area contributed by atoms with Crippen molar-refractivity contribution in [3.63, 3.8) is 0 Å². The average molecular weight is 279 g/mol. The minimum atomic E-state index is -0.438. The number of β-amino-alcohol motifs (C(OH)–C–C–N with tert-alkyl or cyclic N) is 1. The third kappa shape index (κ3) is 4.28. The van der Waals surface area contributed by atoms with Crippen LogP contribution < -0.4 is 0 Å². The highest BCUT2D eigenvalue weighted by molar-refractivity contribution is 5.18. The van der Waals surface area contributed by atoms with E-state index in [-0.39, 0.29) is 6.10 Å². The lowest BCUT2D eigenvalue weighted by Gasteiger charge is -2.39. The highest BCUT2D eigenvalue weighted by atomic mass is 16.5. The van der Waals surface area contributed by atoms with Crippen LogP contribution in [0.15, 0.2) is 30.3 Å². The van der Waals surface area contributed by atoms with Crippen LogP contribution in [0.4, 0.5) is 0 Å². The normalized spacial score (nSPS) is 25.6. The van der Waals surface area contributed by atoms with Crippen molar-refractivity contribution < 1.29 is 14.6 Å². The molecule has 0 aromatic heterocycles. The van der Waals surface area contributed by atoms with Gasteiger partial charge >= 0.3 is 0 Å². The van der Waals surface area contributed by atoms with Crippen molar-refractivity contribution in [1.29, 1.82) is 0 Å². The second-order valence-electron chi connectivity index (χ2n) is 5.35. The molecule has 1 aliphatic heterocycles. The third-order valence-corrected chi connectivity index (χ3v) is 3.69. The Morgan fingerprint density at radius 3 is 2.85 bits per heavy atom. The number of aliphatic hydroxyl groups is 1. The summed E-state index contributed by atoms with van der Waals surface area (Å²) in [6.45, 7) is 7.26. The van der Waals surface area contributed by atoms with Crippen LogP contribution in [0, 0.1) is 0 Å². The molecule has 0 aliphatic carbocycles. The molecule has 1 aliphatic rings. The summed E-state index contributed by atoms with van der Waals surface area (Å²) >= 11 is 0. The summed E-state index contributed by atoms with van der Waals surface area (Å²) in [6.07, 6.45) is -0.349. The molecule has 0 radical (unpaired) electrons. The first-order chi connectivity index (χ1) is 9.70. The van der Waals surface area contributed by atoms with Crippen LogP contribution in [-0.2, 0) is 9.47 Å². The number of nitrogens with zero attached hydrogens (tertiary/aromatic N) is 1. The number of hydrogen-bond donors (Lipinski definition) is 1. The third-order valence-electron chi connectivity index (χ3n) is 3.69. The number of rotatable bonds is 6. The summed E-state index contributed by atoms with van der Waals surface area (Å²) in [5.74, 6) is 0. The summed E-state index contributed by atoms with van der Waals surface area (Å²) in [5.41, 5.74) is 1.20. The van der Waals surface area contributed by atoms with E-state index in [2.05, 4.69) is 24.0 Å². The van der Waals surface area contributed by atoms with Crippen LogP contribution in [0.3, 0.4) is 0 Å². The smallest absolute Gasteiger partial charge is 0.0952 e. The van der Waals surface area contributed by atoms with E-state index in [4.69, 9.17) is 9.47 Å².